The van der Waals surface area contributed by atoms with Gasteiger partial charge in [-0.3, -0.25) is 19.2 Å². The molecule has 2 bridgehead atoms. The summed E-state index contributed by atoms with van der Waals surface area (Å²) >= 11 is 0. The predicted octanol–water partition coefficient (Wildman–Crippen LogP) is 6.05. The van der Waals surface area contributed by atoms with E-state index in [1.807, 2.05) is 63.3 Å². The lowest BCUT2D eigenvalue weighted by Gasteiger charge is -2.47. The summed E-state index contributed by atoms with van der Waals surface area (Å²) in [6.07, 6.45) is 2.97. The minimum absolute atomic E-state index is 0.0106. The molecule has 3 N–H and O–H groups in total. The smallest absolute Gasteiger partial charge is 0.329 e. The SMILES string of the molecule is CCC1/C=C(\C)CC(C)CC(OC)C2OC(O)(C(=O)C(=O)N3CCCCC3C(=O)OC(C(C)=CC3CCC(O)(CC(=O)Cc4ccccc4)C(OC)C3)C(C)C(O)CC1=O)C(C)CC2OC. The summed E-state index contributed by atoms with van der Waals surface area (Å²) in [4.78, 5) is 71.5. The summed E-state index contributed by atoms with van der Waals surface area (Å²) in [6, 6.07) is 8.20. The number of nitrogens with zero attached hydrogens (tertiary/aromatic N) is 1. The lowest BCUT2D eigenvalue weighted by Crippen LogP contribution is -2.64. The average molecular weight is 924 g/mol. The number of ketones is 3. The molecule has 14 nitrogen and oxygen atoms in total. The highest BCUT2D eigenvalue weighted by molar-refractivity contribution is 6.39. The molecule has 1 amide bonds. The van der Waals surface area contributed by atoms with Gasteiger partial charge in [0.2, 0.25) is 5.79 Å². The Morgan fingerprint density at radius 1 is 0.924 bits per heavy atom. The second-order valence-corrected chi connectivity index (χ2v) is 20.0. The largest absolute Gasteiger partial charge is 0.456 e. The van der Waals surface area contributed by atoms with E-state index in [1.165, 1.54) is 26.2 Å². The Hall–Kier alpha value is -3.63. The van der Waals surface area contributed by atoms with Crippen LogP contribution in [0.4, 0.5) is 0 Å². The summed E-state index contributed by atoms with van der Waals surface area (Å²) in [5.74, 6) is -8.08. The fourth-order valence-electron chi connectivity index (χ4n) is 10.9. The van der Waals surface area contributed by atoms with E-state index in [0.717, 1.165) is 11.1 Å². The van der Waals surface area contributed by atoms with Crippen molar-refractivity contribution in [3.63, 3.8) is 0 Å². The van der Waals surface area contributed by atoms with Gasteiger partial charge in [0.05, 0.1) is 30.0 Å². The molecule has 2 saturated heterocycles. The van der Waals surface area contributed by atoms with Gasteiger partial charge in [-0.25, -0.2) is 4.79 Å². The van der Waals surface area contributed by atoms with Crippen molar-refractivity contribution in [1.29, 1.82) is 0 Å². The molecule has 1 aromatic rings. The Balaban J connectivity index is 1.47. The highest BCUT2D eigenvalue weighted by Crippen LogP contribution is 2.41. The van der Waals surface area contributed by atoms with E-state index >= 15 is 0 Å². The topological polar surface area (TPSA) is 195 Å². The van der Waals surface area contributed by atoms with Gasteiger partial charge in [0.25, 0.3) is 11.7 Å². The lowest BCUT2D eigenvalue weighted by atomic mass is 9.73. The van der Waals surface area contributed by atoms with Gasteiger partial charge >= 0.3 is 5.97 Å². The number of methoxy groups -OCH3 is 3. The number of carbonyl (C=O) groups is 5. The number of fused-ring (bicyclic) bond motifs is 3. The van der Waals surface area contributed by atoms with Crippen LogP contribution in [-0.4, -0.2) is 131 Å². The Morgan fingerprint density at radius 3 is 2.26 bits per heavy atom. The van der Waals surface area contributed by atoms with Gasteiger partial charge in [0.15, 0.2) is 0 Å². The number of hydrogen-bond acceptors (Lipinski definition) is 13. The minimum Gasteiger partial charge on any atom is -0.456 e. The van der Waals surface area contributed by atoms with Gasteiger partial charge in [0, 0.05) is 64.9 Å². The molecular weight excluding hydrogens is 847 g/mol. The maximum atomic E-state index is 14.5. The molecule has 1 aromatic carbocycles. The monoisotopic (exact) mass is 924 g/mol. The molecule has 14 heteroatoms. The van der Waals surface area contributed by atoms with Crippen LogP contribution in [0.25, 0.3) is 0 Å². The van der Waals surface area contributed by atoms with Crippen LogP contribution in [0.15, 0.2) is 53.6 Å². The van der Waals surface area contributed by atoms with Crippen molar-refractivity contribution in [2.45, 2.75) is 179 Å². The predicted molar refractivity (Wildman–Crippen MR) is 247 cm³/mol. The van der Waals surface area contributed by atoms with E-state index in [2.05, 4.69) is 0 Å². The summed E-state index contributed by atoms with van der Waals surface area (Å²) in [7, 11) is 4.56. The van der Waals surface area contributed by atoms with Crippen LogP contribution < -0.4 is 0 Å². The van der Waals surface area contributed by atoms with Crippen LogP contribution in [0.3, 0.4) is 0 Å². The highest BCUT2D eigenvalue weighted by Gasteiger charge is 2.57. The number of allylic oxidation sites excluding steroid dienone is 3. The summed E-state index contributed by atoms with van der Waals surface area (Å²) in [6.45, 7) is 11.1. The number of piperidine rings is 1. The molecule has 14 unspecified atom stereocenters. The second kappa shape index (κ2) is 23.6. The maximum absolute atomic E-state index is 14.5. The number of carbonyl (C=O) groups excluding carboxylic acids is 5. The second-order valence-electron chi connectivity index (χ2n) is 20.0. The number of amides is 1. The van der Waals surface area contributed by atoms with E-state index in [0.29, 0.717) is 50.5 Å². The van der Waals surface area contributed by atoms with Gasteiger partial charge in [-0.1, -0.05) is 75.8 Å². The lowest BCUT2D eigenvalue weighted by molar-refractivity contribution is -0.302. The van der Waals surface area contributed by atoms with Crippen LogP contribution >= 0.6 is 0 Å². The van der Waals surface area contributed by atoms with Crippen molar-refractivity contribution in [1.82, 2.24) is 4.90 Å². The minimum atomic E-state index is -2.53. The zero-order valence-corrected chi connectivity index (χ0v) is 40.7. The van der Waals surface area contributed by atoms with Gasteiger partial charge in [-0.2, -0.15) is 0 Å². The molecule has 66 heavy (non-hydrogen) atoms. The first-order valence-electron chi connectivity index (χ1n) is 24.2. The highest BCUT2D eigenvalue weighted by atomic mass is 16.7. The molecule has 3 aliphatic heterocycles. The molecule has 0 spiro atoms. The Morgan fingerprint density at radius 2 is 1.61 bits per heavy atom. The fraction of sp³-hybridized carbons (Fsp3) is 0.712. The van der Waals surface area contributed by atoms with Crippen molar-refractivity contribution in [3.8, 4) is 0 Å². The Bertz CT molecular complexity index is 1900. The first kappa shape index (κ1) is 53.3. The Kier molecular flexibility index (Phi) is 19.1. The molecule has 4 aliphatic rings. The number of aliphatic hydroxyl groups is 3. The van der Waals surface area contributed by atoms with Crippen molar-refractivity contribution in [3.05, 3.63) is 59.2 Å². The van der Waals surface area contributed by atoms with E-state index in [9.17, 15) is 39.3 Å². The standard InChI is InChI=1S/C52H77NO13/c1-10-38-23-31(2)22-32(3)24-43(62-7)47-44(63-8)26-34(5)52(61,66-47)48(57)49(58)53-21-15-14-18-40(53)50(59)65-46(35(6)41(55)29-42(38)56)33(4)25-37-19-20-51(60,45(28-37)64-9)30-39(54)27-36-16-12-11-13-17-36/h11-13,16-17,23,25,32,34-35,37-38,40-41,43-47,55,60-61H,10,14-15,18-22,24,26-30H2,1-9H3/b31-23+,33-25?. The van der Waals surface area contributed by atoms with Crippen molar-refractivity contribution < 1.29 is 63.0 Å². The fourth-order valence-corrected chi connectivity index (χ4v) is 10.9. The van der Waals surface area contributed by atoms with E-state index in [4.69, 9.17) is 23.7 Å². The number of ether oxygens (including phenoxy) is 5. The molecule has 1 saturated carbocycles. The number of rotatable bonds is 10. The van der Waals surface area contributed by atoms with Crippen molar-refractivity contribution in [2.24, 2.45) is 29.6 Å². The van der Waals surface area contributed by atoms with Crippen LogP contribution in [0.5, 0.6) is 0 Å². The molecule has 3 heterocycles. The molecule has 14 atom stereocenters. The zero-order chi connectivity index (χ0) is 48.5. The van der Waals surface area contributed by atoms with Gasteiger partial charge in [-0.15, -0.1) is 0 Å². The van der Waals surface area contributed by atoms with Crippen LogP contribution in [-0.2, 0) is 54.1 Å². The number of aliphatic hydroxyl groups excluding tert-OH is 1. The molecule has 3 fully saturated rings. The number of cyclic esters (lactones) is 1. The molecule has 368 valence electrons. The first-order chi connectivity index (χ1) is 31.3. The zero-order valence-electron chi connectivity index (χ0n) is 40.7. The average Bonchev–Trinajstić information content (AvgIpc) is 3.29. The van der Waals surface area contributed by atoms with Gasteiger partial charge in [0.1, 0.15) is 29.8 Å². The van der Waals surface area contributed by atoms with Crippen LogP contribution in [0.2, 0.25) is 0 Å². The quantitative estimate of drug-likeness (QED) is 0.140. The third-order valence-electron chi connectivity index (χ3n) is 14.9. The molecule has 1 aliphatic carbocycles. The summed E-state index contributed by atoms with van der Waals surface area (Å²) in [5, 5.41) is 35.8. The van der Waals surface area contributed by atoms with E-state index < -0.39 is 89.5 Å². The number of esters is 1. The molecule has 0 radical (unpaired) electrons. The number of benzene rings is 1. The molecule has 5 rings (SSSR count). The van der Waals surface area contributed by atoms with Crippen molar-refractivity contribution >= 4 is 29.2 Å². The summed E-state index contributed by atoms with van der Waals surface area (Å²) < 4.78 is 30.2. The third-order valence-corrected chi connectivity index (χ3v) is 14.9. The van der Waals surface area contributed by atoms with E-state index in [-0.39, 0.29) is 68.5 Å². The summed E-state index contributed by atoms with van der Waals surface area (Å²) in [5.41, 5.74) is 1.05. The van der Waals surface area contributed by atoms with Gasteiger partial charge < -0.3 is 43.9 Å². The number of hydrogen-bond donors (Lipinski definition) is 3. The van der Waals surface area contributed by atoms with Crippen LogP contribution in [0, 0.1) is 29.6 Å². The maximum Gasteiger partial charge on any atom is 0.329 e. The molecular formula is C52H77NO13. The van der Waals surface area contributed by atoms with E-state index in [1.54, 1.807) is 20.8 Å². The molecule has 0 aromatic heterocycles. The van der Waals surface area contributed by atoms with Crippen LogP contribution in [0.1, 0.15) is 124 Å². The third kappa shape index (κ3) is 12.7. The van der Waals surface area contributed by atoms with Gasteiger partial charge in [-0.05, 0) is 101 Å². The van der Waals surface area contributed by atoms with Crippen molar-refractivity contribution in [2.75, 3.05) is 27.9 Å². The Labute approximate surface area is 391 Å². The normalized spacial score (nSPS) is 38.1. The first-order valence-corrected chi connectivity index (χ1v) is 24.2. The number of Topliss-reactive ketones (excluding diaryl/α,β-unsaturated/α-hetero) is 3.